The van der Waals surface area contributed by atoms with Crippen molar-refractivity contribution >= 4 is 23.5 Å². The summed E-state index contributed by atoms with van der Waals surface area (Å²) in [5.41, 5.74) is 3.44. The molecule has 0 bridgehead atoms. The van der Waals surface area contributed by atoms with E-state index in [4.69, 9.17) is 9.47 Å². The van der Waals surface area contributed by atoms with Gasteiger partial charge in [0.05, 0.1) is 17.8 Å². The molecule has 0 aliphatic carbocycles. The Morgan fingerprint density at radius 3 is 2.61 bits per heavy atom. The Bertz CT molecular complexity index is 680. The molecule has 1 amide bonds. The van der Waals surface area contributed by atoms with Crippen molar-refractivity contribution in [2.75, 3.05) is 13.7 Å². The van der Waals surface area contributed by atoms with Gasteiger partial charge in [0.2, 0.25) is 0 Å². The van der Waals surface area contributed by atoms with Crippen LogP contribution in [0.25, 0.3) is 0 Å². The summed E-state index contributed by atoms with van der Waals surface area (Å²) in [6, 6.07) is 7.02. The number of rotatable bonds is 7. The van der Waals surface area contributed by atoms with Gasteiger partial charge in [0.1, 0.15) is 11.5 Å². The number of ether oxygens (including phenoxy) is 2. The number of hydrogen-bond donors (Lipinski definition) is 1. The molecule has 0 radical (unpaired) electrons. The van der Waals surface area contributed by atoms with E-state index >= 15 is 0 Å². The van der Waals surface area contributed by atoms with Crippen molar-refractivity contribution in [3.05, 3.63) is 39.8 Å². The maximum atomic E-state index is 11.6. The van der Waals surface area contributed by atoms with Gasteiger partial charge in [0.25, 0.3) is 5.91 Å². The molecule has 1 N–H and O–H groups in total. The maximum absolute atomic E-state index is 11.6. The van der Waals surface area contributed by atoms with E-state index in [0.29, 0.717) is 12.2 Å². The van der Waals surface area contributed by atoms with Gasteiger partial charge >= 0.3 is 0 Å². The first-order chi connectivity index (χ1) is 11.1. The minimum Gasteiger partial charge on any atom is -0.497 e. The van der Waals surface area contributed by atoms with Crippen LogP contribution in [0.3, 0.4) is 0 Å². The molecule has 7 heteroatoms. The van der Waals surface area contributed by atoms with E-state index in [1.165, 1.54) is 0 Å². The summed E-state index contributed by atoms with van der Waals surface area (Å²) in [6.45, 7) is 3.84. The van der Waals surface area contributed by atoms with Gasteiger partial charge in [0.15, 0.2) is 6.61 Å². The van der Waals surface area contributed by atoms with Crippen molar-refractivity contribution < 1.29 is 14.3 Å². The van der Waals surface area contributed by atoms with E-state index in [2.05, 4.69) is 15.5 Å². The highest BCUT2D eigenvalue weighted by atomic mass is 32.1. The zero-order valence-corrected chi connectivity index (χ0v) is 14.1. The molecular weight excluding hydrogens is 314 g/mol. The average Bonchev–Trinajstić information content (AvgIpc) is 2.87. The molecular formula is C16H19N3O3S. The van der Waals surface area contributed by atoms with Crippen LogP contribution in [0.2, 0.25) is 0 Å². The third-order valence-corrected chi connectivity index (χ3v) is 4.08. The number of methoxy groups -OCH3 is 1. The van der Waals surface area contributed by atoms with E-state index in [-0.39, 0.29) is 12.5 Å². The number of aromatic nitrogens is 1. The lowest BCUT2D eigenvalue weighted by atomic mass is 10.3. The topological polar surface area (TPSA) is 72.8 Å². The molecule has 23 heavy (non-hydrogen) atoms. The SMILES string of the molecule is COc1ccc(OCC(=O)NN=CCc2sc(C)nc2C)cc1. The van der Waals surface area contributed by atoms with Crippen LogP contribution in [-0.2, 0) is 11.2 Å². The number of hydrogen-bond acceptors (Lipinski definition) is 6. The van der Waals surface area contributed by atoms with Crippen molar-refractivity contribution in [2.45, 2.75) is 20.3 Å². The van der Waals surface area contributed by atoms with Crippen LogP contribution < -0.4 is 14.9 Å². The minimum absolute atomic E-state index is 0.0949. The van der Waals surface area contributed by atoms with Gasteiger partial charge < -0.3 is 9.47 Å². The third kappa shape index (κ3) is 5.37. The molecule has 1 aromatic carbocycles. The molecule has 0 fully saturated rings. The Morgan fingerprint density at radius 1 is 1.30 bits per heavy atom. The molecule has 0 unspecified atom stereocenters. The van der Waals surface area contributed by atoms with E-state index in [0.717, 1.165) is 21.3 Å². The third-order valence-electron chi connectivity index (χ3n) is 2.99. The number of nitrogens with zero attached hydrogens (tertiary/aromatic N) is 2. The zero-order chi connectivity index (χ0) is 16.7. The molecule has 122 valence electrons. The van der Waals surface area contributed by atoms with Gasteiger partial charge in [0, 0.05) is 17.5 Å². The van der Waals surface area contributed by atoms with Crippen LogP contribution in [0.4, 0.5) is 0 Å². The van der Waals surface area contributed by atoms with Gasteiger partial charge in [-0.25, -0.2) is 10.4 Å². The Labute approximate surface area is 139 Å². The van der Waals surface area contributed by atoms with E-state index in [1.54, 1.807) is 48.9 Å². The van der Waals surface area contributed by atoms with Crippen LogP contribution in [0, 0.1) is 13.8 Å². The Hall–Kier alpha value is -2.41. The van der Waals surface area contributed by atoms with Crippen molar-refractivity contribution in [3.63, 3.8) is 0 Å². The van der Waals surface area contributed by atoms with Gasteiger partial charge in [-0.05, 0) is 38.1 Å². The van der Waals surface area contributed by atoms with Gasteiger partial charge in [-0.2, -0.15) is 5.10 Å². The summed E-state index contributed by atoms with van der Waals surface area (Å²) in [4.78, 5) is 17.1. The van der Waals surface area contributed by atoms with Crippen LogP contribution in [-0.4, -0.2) is 30.8 Å². The van der Waals surface area contributed by atoms with E-state index < -0.39 is 0 Å². The van der Waals surface area contributed by atoms with Crippen LogP contribution in [0.5, 0.6) is 11.5 Å². The van der Waals surface area contributed by atoms with Crippen LogP contribution in [0.15, 0.2) is 29.4 Å². The predicted octanol–water partition coefficient (Wildman–Crippen LogP) is 2.49. The largest absolute Gasteiger partial charge is 0.497 e. The first-order valence-corrected chi connectivity index (χ1v) is 7.90. The Balaban J connectivity index is 1.72. The molecule has 6 nitrogen and oxygen atoms in total. The number of hydrazone groups is 1. The number of aryl methyl sites for hydroxylation is 2. The number of nitrogens with one attached hydrogen (secondary N) is 1. The van der Waals surface area contributed by atoms with Crippen molar-refractivity contribution in [1.29, 1.82) is 0 Å². The second kappa shape index (κ2) is 8.28. The molecule has 0 spiro atoms. The smallest absolute Gasteiger partial charge is 0.277 e. The molecule has 1 aromatic heterocycles. The molecule has 0 atom stereocenters. The number of carbonyl (C=O) groups is 1. The molecule has 0 saturated heterocycles. The minimum atomic E-state index is -0.311. The maximum Gasteiger partial charge on any atom is 0.277 e. The molecule has 2 aromatic rings. The quantitative estimate of drug-likeness (QED) is 0.624. The molecule has 0 saturated carbocycles. The summed E-state index contributed by atoms with van der Waals surface area (Å²) in [5.74, 6) is 1.02. The van der Waals surface area contributed by atoms with Crippen LogP contribution >= 0.6 is 11.3 Å². The van der Waals surface area contributed by atoms with Crippen molar-refractivity contribution in [1.82, 2.24) is 10.4 Å². The van der Waals surface area contributed by atoms with Crippen LogP contribution in [0.1, 0.15) is 15.6 Å². The number of amides is 1. The first-order valence-electron chi connectivity index (χ1n) is 7.08. The molecule has 0 aliphatic heterocycles. The molecule has 2 rings (SSSR count). The average molecular weight is 333 g/mol. The van der Waals surface area contributed by atoms with Gasteiger partial charge in [-0.1, -0.05) is 0 Å². The second-order valence-electron chi connectivity index (χ2n) is 4.76. The second-order valence-corrected chi connectivity index (χ2v) is 6.04. The first kappa shape index (κ1) is 17.0. The summed E-state index contributed by atoms with van der Waals surface area (Å²) < 4.78 is 10.4. The lowest BCUT2D eigenvalue weighted by Gasteiger charge is -2.05. The van der Waals surface area contributed by atoms with Gasteiger partial charge in [-0.3, -0.25) is 4.79 Å². The highest BCUT2D eigenvalue weighted by molar-refractivity contribution is 7.11. The zero-order valence-electron chi connectivity index (χ0n) is 13.3. The summed E-state index contributed by atoms with van der Waals surface area (Å²) in [7, 11) is 1.59. The fourth-order valence-corrected chi connectivity index (χ4v) is 2.75. The summed E-state index contributed by atoms with van der Waals surface area (Å²) in [5, 5.41) is 4.94. The van der Waals surface area contributed by atoms with E-state index in [9.17, 15) is 4.79 Å². The molecule has 1 heterocycles. The summed E-state index contributed by atoms with van der Waals surface area (Å²) in [6.07, 6.45) is 2.31. The van der Waals surface area contributed by atoms with Crippen molar-refractivity contribution in [2.24, 2.45) is 5.10 Å². The predicted molar refractivity (Wildman–Crippen MR) is 90.4 cm³/mol. The number of benzene rings is 1. The standard InChI is InChI=1S/C16H19N3O3S/c1-11-15(23-12(2)18-11)8-9-17-19-16(20)10-22-14-6-4-13(21-3)5-7-14/h4-7,9H,8,10H2,1-3H3,(H,19,20). The fourth-order valence-electron chi connectivity index (χ4n) is 1.86. The highest BCUT2D eigenvalue weighted by Crippen LogP contribution is 2.17. The van der Waals surface area contributed by atoms with E-state index in [1.807, 2.05) is 13.8 Å². The Morgan fingerprint density at radius 2 is 2.00 bits per heavy atom. The number of carbonyl (C=O) groups excluding carboxylic acids is 1. The monoisotopic (exact) mass is 333 g/mol. The van der Waals surface area contributed by atoms with Gasteiger partial charge in [-0.15, -0.1) is 11.3 Å². The fraction of sp³-hybridized carbons (Fsp3) is 0.312. The number of thiazole rings is 1. The highest BCUT2D eigenvalue weighted by Gasteiger charge is 2.04. The Kier molecular flexibility index (Phi) is 6.10. The lowest BCUT2D eigenvalue weighted by Crippen LogP contribution is -2.24. The molecule has 0 aliphatic rings. The lowest BCUT2D eigenvalue weighted by molar-refractivity contribution is -0.123. The normalized spacial score (nSPS) is 10.7. The summed E-state index contributed by atoms with van der Waals surface area (Å²) >= 11 is 1.63. The van der Waals surface area contributed by atoms with Crippen molar-refractivity contribution in [3.8, 4) is 11.5 Å².